The van der Waals surface area contributed by atoms with Crippen molar-refractivity contribution >= 4 is 11.8 Å². The van der Waals surface area contributed by atoms with Gasteiger partial charge in [-0.05, 0) is 56.5 Å². The standard InChI is InChI=1S/C24H33N3O2/c1-5-19-9-11-20(12-10-19)16-26(6-2)21-13-15-27(17-21)23-22(8-7-14-25-23)24(28)29-18(3)4/h7-12,14,18,21H,5-6,13,15-17H2,1-4H3. The Labute approximate surface area is 174 Å². The third kappa shape index (κ3) is 5.36. The highest BCUT2D eigenvalue weighted by atomic mass is 16.5. The summed E-state index contributed by atoms with van der Waals surface area (Å²) in [6.45, 7) is 11.9. The van der Waals surface area contributed by atoms with E-state index in [1.165, 1.54) is 11.1 Å². The Hall–Kier alpha value is -2.40. The zero-order valence-electron chi connectivity index (χ0n) is 18.1. The zero-order valence-corrected chi connectivity index (χ0v) is 18.1. The van der Waals surface area contributed by atoms with Crippen LogP contribution in [0.2, 0.25) is 0 Å². The molecule has 1 aromatic carbocycles. The van der Waals surface area contributed by atoms with Gasteiger partial charge in [-0.1, -0.05) is 38.1 Å². The number of hydrogen-bond donors (Lipinski definition) is 0. The summed E-state index contributed by atoms with van der Waals surface area (Å²) in [6.07, 6.45) is 3.75. The summed E-state index contributed by atoms with van der Waals surface area (Å²) in [5.41, 5.74) is 3.28. The Kier molecular flexibility index (Phi) is 7.26. The van der Waals surface area contributed by atoms with E-state index in [9.17, 15) is 4.79 Å². The van der Waals surface area contributed by atoms with Gasteiger partial charge in [0.05, 0.1) is 6.10 Å². The number of likely N-dealkylation sites (N-methyl/N-ethyl adjacent to an activating group) is 1. The summed E-state index contributed by atoms with van der Waals surface area (Å²) in [6, 6.07) is 13.0. The van der Waals surface area contributed by atoms with Crippen LogP contribution >= 0.6 is 0 Å². The van der Waals surface area contributed by atoms with Gasteiger partial charge in [0.2, 0.25) is 0 Å². The molecule has 1 aliphatic heterocycles. The largest absolute Gasteiger partial charge is 0.459 e. The summed E-state index contributed by atoms with van der Waals surface area (Å²) in [5.74, 6) is 0.443. The number of benzene rings is 1. The van der Waals surface area contributed by atoms with Crippen LogP contribution in [0.4, 0.5) is 5.82 Å². The van der Waals surface area contributed by atoms with Crippen LogP contribution in [0.15, 0.2) is 42.6 Å². The van der Waals surface area contributed by atoms with Crippen LogP contribution < -0.4 is 4.90 Å². The molecule has 0 N–H and O–H groups in total. The van der Waals surface area contributed by atoms with E-state index in [4.69, 9.17) is 4.74 Å². The van der Waals surface area contributed by atoms with Crippen molar-refractivity contribution in [1.29, 1.82) is 0 Å². The number of carbonyl (C=O) groups excluding carboxylic acids is 1. The maximum atomic E-state index is 12.5. The quantitative estimate of drug-likeness (QED) is 0.623. The first-order valence-corrected chi connectivity index (χ1v) is 10.7. The summed E-state index contributed by atoms with van der Waals surface area (Å²) in [4.78, 5) is 21.8. The minimum Gasteiger partial charge on any atom is -0.459 e. The fourth-order valence-corrected chi connectivity index (χ4v) is 3.93. The van der Waals surface area contributed by atoms with E-state index < -0.39 is 0 Å². The van der Waals surface area contributed by atoms with Crippen LogP contribution in [0.25, 0.3) is 0 Å². The molecule has 5 nitrogen and oxygen atoms in total. The summed E-state index contributed by atoms with van der Waals surface area (Å²) in [7, 11) is 0. The molecule has 1 aromatic heterocycles. The number of carbonyl (C=O) groups is 1. The Bertz CT molecular complexity index is 804. The summed E-state index contributed by atoms with van der Waals surface area (Å²) in [5, 5.41) is 0. The molecule has 29 heavy (non-hydrogen) atoms. The van der Waals surface area contributed by atoms with E-state index >= 15 is 0 Å². The monoisotopic (exact) mass is 395 g/mol. The molecule has 1 atom stereocenters. The smallest absolute Gasteiger partial charge is 0.342 e. The van der Waals surface area contributed by atoms with Gasteiger partial charge in [0.25, 0.3) is 0 Å². The van der Waals surface area contributed by atoms with E-state index in [0.717, 1.165) is 44.8 Å². The fraction of sp³-hybridized carbons (Fsp3) is 0.500. The average Bonchev–Trinajstić information content (AvgIpc) is 3.22. The molecule has 0 saturated carbocycles. The Morgan fingerprint density at radius 2 is 1.93 bits per heavy atom. The molecule has 0 aliphatic carbocycles. The number of nitrogens with zero attached hydrogens (tertiary/aromatic N) is 3. The van der Waals surface area contributed by atoms with Crippen LogP contribution in [0.3, 0.4) is 0 Å². The normalized spacial score (nSPS) is 16.6. The van der Waals surface area contributed by atoms with Gasteiger partial charge in [0.15, 0.2) is 0 Å². The highest BCUT2D eigenvalue weighted by Crippen LogP contribution is 2.26. The Balaban J connectivity index is 1.69. The molecule has 156 valence electrons. The maximum absolute atomic E-state index is 12.5. The molecule has 1 fully saturated rings. The van der Waals surface area contributed by atoms with Gasteiger partial charge in [-0.25, -0.2) is 9.78 Å². The van der Waals surface area contributed by atoms with Gasteiger partial charge in [-0.2, -0.15) is 0 Å². The molecule has 0 spiro atoms. The molecule has 2 heterocycles. The number of ether oxygens (including phenoxy) is 1. The van der Waals surface area contributed by atoms with Crippen molar-refractivity contribution in [2.45, 2.75) is 59.2 Å². The Morgan fingerprint density at radius 3 is 2.59 bits per heavy atom. The molecular weight excluding hydrogens is 362 g/mol. The van der Waals surface area contributed by atoms with Crippen molar-refractivity contribution < 1.29 is 9.53 Å². The van der Waals surface area contributed by atoms with Crippen molar-refractivity contribution in [2.24, 2.45) is 0 Å². The highest BCUT2D eigenvalue weighted by molar-refractivity contribution is 5.94. The van der Waals surface area contributed by atoms with Crippen molar-refractivity contribution in [3.05, 3.63) is 59.3 Å². The van der Waals surface area contributed by atoms with Gasteiger partial charge in [0.1, 0.15) is 11.4 Å². The summed E-state index contributed by atoms with van der Waals surface area (Å²) >= 11 is 0. The van der Waals surface area contributed by atoms with Gasteiger partial charge in [0, 0.05) is 31.9 Å². The third-order valence-electron chi connectivity index (χ3n) is 5.55. The number of anilines is 1. The van der Waals surface area contributed by atoms with Crippen LogP contribution in [0.5, 0.6) is 0 Å². The highest BCUT2D eigenvalue weighted by Gasteiger charge is 2.30. The predicted molar refractivity (Wildman–Crippen MR) is 117 cm³/mol. The first-order chi connectivity index (χ1) is 14.0. The first kappa shape index (κ1) is 21.3. The topological polar surface area (TPSA) is 45.7 Å². The molecule has 2 aromatic rings. The molecule has 0 amide bonds. The van der Waals surface area contributed by atoms with Crippen molar-refractivity contribution in [1.82, 2.24) is 9.88 Å². The van der Waals surface area contributed by atoms with E-state index in [0.29, 0.717) is 11.6 Å². The van der Waals surface area contributed by atoms with E-state index in [1.807, 2.05) is 19.9 Å². The van der Waals surface area contributed by atoms with E-state index in [-0.39, 0.29) is 12.1 Å². The second-order valence-corrected chi connectivity index (χ2v) is 7.95. The predicted octanol–water partition coefficient (Wildman–Crippen LogP) is 4.31. The first-order valence-electron chi connectivity index (χ1n) is 10.7. The van der Waals surface area contributed by atoms with Gasteiger partial charge in [-0.15, -0.1) is 0 Å². The lowest BCUT2D eigenvalue weighted by Crippen LogP contribution is -2.37. The minimum absolute atomic E-state index is 0.142. The molecule has 1 aliphatic rings. The zero-order chi connectivity index (χ0) is 20.8. The maximum Gasteiger partial charge on any atom is 0.342 e. The lowest BCUT2D eigenvalue weighted by Gasteiger charge is -2.28. The molecule has 1 saturated heterocycles. The summed E-state index contributed by atoms with van der Waals surface area (Å²) < 4.78 is 5.41. The minimum atomic E-state index is -0.296. The third-order valence-corrected chi connectivity index (χ3v) is 5.55. The van der Waals surface area contributed by atoms with Crippen LogP contribution in [0, 0.1) is 0 Å². The molecule has 3 rings (SSSR count). The number of hydrogen-bond acceptors (Lipinski definition) is 5. The molecule has 0 radical (unpaired) electrons. The van der Waals surface area contributed by atoms with Crippen LogP contribution in [0.1, 0.15) is 55.6 Å². The number of rotatable bonds is 8. The van der Waals surface area contributed by atoms with E-state index in [2.05, 4.69) is 52.9 Å². The van der Waals surface area contributed by atoms with Gasteiger partial charge in [-0.3, -0.25) is 4.90 Å². The number of pyridine rings is 1. The lowest BCUT2D eigenvalue weighted by atomic mass is 10.1. The number of aromatic nitrogens is 1. The second-order valence-electron chi connectivity index (χ2n) is 7.95. The van der Waals surface area contributed by atoms with Crippen molar-refractivity contribution in [2.75, 3.05) is 24.5 Å². The van der Waals surface area contributed by atoms with Crippen LogP contribution in [-0.2, 0) is 17.7 Å². The van der Waals surface area contributed by atoms with E-state index in [1.54, 1.807) is 12.3 Å². The second kappa shape index (κ2) is 9.88. The SMILES string of the molecule is CCc1ccc(CN(CC)C2CCN(c3ncccc3C(=O)OC(C)C)C2)cc1. The Morgan fingerprint density at radius 1 is 1.21 bits per heavy atom. The van der Waals surface area contributed by atoms with Gasteiger partial charge >= 0.3 is 5.97 Å². The molecule has 5 heteroatoms. The lowest BCUT2D eigenvalue weighted by molar-refractivity contribution is 0.0378. The molecule has 0 bridgehead atoms. The van der Waals surface area contributed by atoms with Crippen molar-refractivity contribution in [3.63, 3.8) is 0 Å². The molecular formula is C24H33N3O2. The molecule has 1 unspecified atom stereocenters. The van der Waals surface area contributed by atoms with Crippen LogP contribution in [-0.4, -0.2) is 47.6 Å². The number of esters is 1. The number of aryl methyl sites for hydroxylation is 1. The average molecular weight is 396 g/mol. The van der Waals surface area contributed by atoms with Gasteiger partial charge < -0.3 is 9.64 Å². The van der Waals surface area contributed by atoms with Crippen molar-refractivity contribution in [3.8, 4) is 0 Å². The fourth-order valence-electron chi connectivity index (χ4n) is 3.93.